The molecule has 68 valence electrons. The highest BCUT2D eigenvalue weighted by Crippen LogP contribution is 2.20. The van der Waals surface area contributed by atoms with Gasteiger partial charge in [-0.3, -0.25) is 0 Å². The van der Waals surface area contributed by atoms with Crippen LogP contribution in [0.25, 0.3) is 0 Å². The van der Waals surface area contributed by atoms with E-state index in [1.165, 1.54) is 6.07 Å². The van der Waals surface area contributed by atoms with Gasteiger partial charge in [0.1, 0.15) is 5.76 Å². The second kappa shape index (κ2) is 3.16. The van der Waals surface area contributed by atoms with Gasteiger partial charge >= 0.3 is 6.18 Å². The van der Waals surface area contributed by atoms with Crippen LogP contribution in [0.5, 0.6) is 0 Å². The maximum Gasteiger partial charge on any atom is 0.394 e. The Bertz CT molecular complexity index is 253. The topological polar surface area (TPSA) is 26.0 Å². The van der Waals surface area contributed by atoms with Gasteiger partial charge in [0, 0.05) is 12.5 Å². The fraction of sp³-hybridized carbons (Fsp3) is 0.571. The molecular weight excluding hydrogens is 171 g/mol. The molecule has 0 aliphatic carbocycles. The molecular formula is C7H8F3NO. The van der Waals surface area contributed by atoms with E-state index in [0.29, 0.717) is 12.2 Å². The van der Waals surface area contributed by atoms with Crippen LogP contribution in [0.2, 0.25) is 0 Å². The van der Waals surface area contributed by atoms with Crippen molar-refractivity contribution in [1.29, 1.82) is 0 Å². The Kier molecular flexibility index (Phi) is 2.40. The SMILES string of the molecule is CCc1cc(CC(F)(F)F)no1. The van der Waals surface area contributed by atoms with Crippen molar-refractivity contribution < 1.29 is 17.7 Å². The Morgan fingerprint density at radius 3 is 2.58 bits per heavy atom. The van der Waals surface area contributed by atoms with E-state index in [0.717, 1.165) is 0 Å². The van der Waals surface area contributed by atoms with Gasteiger partial charge in [-0.1, -0.05) is 12.1 Å². The van der Waals surface area contributed by atoms with Crippen molar-refractivity contribution in [3.63, 3.8) is 0 Å². The summed E-state index contributed by atoms with van der Waals surface area (Å²) >= 11 is 0. The number of nitrogens with zero attached hydrogens (tertiary/aromatic N) is 1. The zero-order chi connectivity index (χ0) is 9.19. The predicted molar refractivity (Wildman–Crippen MR) is 35.6 cm³/mol. The molecule has 0 bridgehead atoms. The first-order valence-corrected chi connectivity index (χ1v) is 3.52. The number of aromatic nitrogens is 1. The van der Waals surface area contributed by atoms with Crippen molar-refractivity contribution >= 4 is 0 Å². The molecule has 0 N–H and O–H groups in total. The minimum absolute atomic E-state index is 0.0562. The lowest BCUT2D eigenvalue weighted by atomic mass is 10.2. The summed E-state index contributed by atoms with van der Waals surface area (Å²) < 4.78 is 39.9. The highest BCUT2D eigenvalue weighted by Gasteiger charge is 2.29. The van der Waals surface area contributed by atoms with E-state index in [9.17, 15) is 13.2 Å². The van der Waals surface area contributed by atoms with E-state index < -0.39 is 12.6 Å². The second-order valence-electron chi connectivity index (χ2n) is 2.43. The van der Waals surface area contributed by atoms with E-state index in [-0.39, 0.29) is 5.69 Å². The van der Waals surface area contributed by atoms with Gasteiger partial charge in [0.15, 0.2) is 0 Å². The van der Waals surface area contributed by atoms with E-state index in [1.807, 2.05) is 0 Å². The first-order chi connectivity index (χ1) is 5.51. The van der Waals surface area contributed by atoms with Crippen molar-refractivity contribution in [2.24, 2.45) is 0 Å². The third-order valence-electron chi connectivity index (χ3n) is 1.34. The van der Waals surface area contributed by atoms with Crippen LogP contribution < -0.4 is 0 Å². The normalized spacial score (nSPS) is 12.0. The Hall–Kier alpha value is -1.00. The van der Waals surface area contributed by atoms with Gasteiger partial charge in [0.2, 0.25) is 0 Å². The molecule has 0 unspecified atom stereocenters. The Morgan fingerprint density at radius 1 is 1.50 bits per heavy atom. The fourth-order valence-corrected chi connectivity index (χ4v) is 0.811. The number of halogens is 3. The van der Waals surface area contributed by atoms with Crippen molar-refractivity contribution in [2.45, 2.75) is 25.9 Å². The molecule has 0 aromatic carbocycles. The van der Waals surface area contributed by atoms with Gasteiger partial charge in [-0.2, -0.15) is 13.2 Å². The monoisotopic (exact) mass is 179 g/mol. The Balaban J connectivity index is 2.64. The van der Waals surface area contributed by atoms with Gasteiger partial charge in [-0.15, -0.1) is 0 Å². The maximum absolute atomic E-state index is 11.8. The second-order valence-corrected chi connectivity index (χ2v) is 2.43. The molecule has 0 radical (unpaired) electrons. The predicted octanol–water partition coefficient (Wildman–Crippen LogP) is 2.34. The van der Waals surface area contributed by atoms with Crippen molar-refractivity contribution in [1.82, 2.24) is 5.16 Å². The molecule has 0 spiro atoms. The highest BCUT2D eigenvalue weighted by atomic mass is 19.4. The van der Waals surface area contributed by atoms with Crippen molar-refractivity contribution in [3.8, 4) is 0 Å². The zero-order valence-electron chi connectivity index (χ0n) is 6.48. The molecule has 1 heterocycles. The molecule has 1 aromatic rings. The third kappa shape index (κ3) is 2.56. The van der Waals surface area contributed by atoms with Gasteiger partial charge in [0.25, 0.3) is 0 Å². The minimum atomic E-state index is -4.21. The summed E-state index contributed by atoms with van der Waals surface area (Å²) in [6, 6.07) is 1.33. The van der Waals surface area contributed by atoms with Crippen LogP contribution in [0, 0.1) is 0 Å². The van der Waals surface area contributed by atoms with Crippen LogP contribution in [-0.2, 0) is 12.8 Å². The van der Waals surface area contributed by atoms with Crippen LogP contribution >= 0.6 is 0 Å². The Morgan fingerprint density at radius 2 is 2.17 bits per heavy atom. The summed E-state index contributed by atoms with van der Waals surface area (Å²) in [4.78, 5) is 0. The number of hydrogen-bond donors (Lipinski definition) is 0. The summed E-state index contributed by atoms with van der Waals surface area (Å²) in [5.41, 5.74) is -0.0562. The Labute approximate surface area is 67.4 Å². The number of aryl methyl sites for hydroxylation is 1. The largest absolute Gasteiger partial charge is 0.394 e. The number of alkyl halides is 3. The van der Waals surface area contributed by atoms with Crippen molar-refractivity contribution in [3.05, 3.63) is 17.5 Å². The molecule has 1 aromatic heterocycles. The summed E-state index contributed by atoms with van der Waals surface area (Å²) in [5, 5.41) is 3.28. The molecule has 1 rings (SSSR count). The lowest BCUT2D eigenvalue weighted by molar-refractivity contribution is -0.128. The average Bonchev–Trinajstić information content (AvgIpc) is 2.32. The minimum Gasteiger partial charge on any atom is -0.361 e. The van der Waals surface area contributed by atoms with Gasteiger partial charge in [-0.25, -0.2) is 0 Å². The summed E-state index contributed by atoms with van der Waals surface area (Å²) in [6.07, 6.45) is -4.66. The van der Waals surface area contributed by atoms with E-state index >= 15 is 0 Å². The quantitative estimate of drug-likeness (QED) is 0.696. The van der Waals surface area contributed by atoms with Crippen LogP contribution in [0.3, 0.4) is 0 Å². The van der Waals surface area contributed by atoms with E-state index in [2.05, 4.69) is 9.68 Å². The van der Waals surface area contributed by atoms with Gasteiger partial charge in [0.05, 0.1) is 12.1 Å². The lowest BCUT2D eigenvalue weighted by Crippen LogP contribution is -2.11. The molecule has 0 aliphatic rings. The fourth-order valence-electron chi connectivity index (χ4n) is 0.811. The standard InChI is InChI=1S/C7H8F3NO/c1-2-6-3-5(11-12-6)4-7(8,9)10/h3H,2,4H2,1H3. The van der Waals surface area contributed by atoms with Crippen LogP contribution in [0.4, 0.5) is 13.2 Å². The first-order valence-electron chi connectivity index (χ1n) is 3.52. The molecule has 0 aliphatic heterocycles. The van der Waals surface area contributed by atoms with E-state index in [4.69, 9.17) is 0 Å². The zero-order valence-corrected chi connectivity index (χ0v) is 6.48. The highest BCUT2D eigenvalue weighted by molar-refractivity contribution is 5.06. The van der Waals surface area contributed by atoms with Gasteiger partial charge < -0.3 is 4.52 Å². The first kappa shape index (κ1) is 9.09. The molecule has 2 nitrogen and oxygen atoms in total. The number of rotatable bonds is 2. The third-order valence-corrected chi connectivity index (χ3v) is 1.34. The molecule has 0 atom stereocenters. The maximum atomic E-state index is 11.8. The molecule has 0 amide bonds. The van der Waals surface area contributed by atoms with Crippen LogP contribution in [0.1, 0.15) is 18.4 Å². The lowest BCUT2D eigenvalue weighted by Gasteiger charge is -2.00. The summed E-state index contributed by atoms with van der Waals surface area (Å²) in [6.45, 7) is 1.79. The van der Waals surface area contributed by atoms with E-state index in [1.54, 1.807) is 6.92 Å². The molecule has 0 fully saturated rings. The average molecular weight is 179 g/mol. The van der Waals surface area contributed by atoms with Crippen molar-refractivity contribution in [2.75, 3.05) is 0 Å². The van der Waals surface area contributed by atoms with Gasteiger partial charge in [-0.05, 0) is 0 Å². The molecule has 12 heavy (non-hydrogen) atoms. The molecule has 5 heteroatoms. The number of hydrogen-bond acceptors (Lipinski definition) is 2. The van der Waals surface area contributed by atoms with Crippen LogP contribution in [0.15, 0.2) is 10.6 Å². The smallest absolute Gasteiger partial charge is 0.361 e. The molecule has 0 saturated heterocycles. The summed E-state index contributed by atoms with van der Waals surface area (Å²) in [5.74, 6) is 0.481. The summed E-state index contributed by atoms with van der Waals surface area (Å²) in [7, 11) is 0. The molecule has 0 saturated carbocycles. The van der Waals surface area contributed by atoms with Crippen LogP contribution in [-0.4, -0.2) is 11.3 Å².